The number of hydrogen-bond donors (Lipinski definition) is 1. The van der Waals surface area contributed by atoms with E-state index in [0.29, 0.717) is 6.42 Å². The first kappa shape index (κ1) is 7.41. The summed E-state index contributed by atoms with van der Waals surface area (Å²) in [5.74, 6) is 0.0901. The molecule has 0 aliphatic carbocycles. The van der Waals surface area contributed by atoms with E-state index in [1.54, 1.807) is 6.07 Å². The van der Waals surface area contributed by atoms with E-state index in [2.05, 4.69) is 5.32 Å². The third-order valence-corrected chi connectivity index (χ3v) is 2.02. The van der Waals surface area contributed by atoms with Crippen molar-refractivity contribution in [1.29, 1.82) is 0 Å². The van der Waals surface area contributed by atoms with Crippen molar-refractivity contribution in [2.24, 2.45) is 0 Å². The Labute approximate surface area is 72.4 Å². The summed E-state index contributed by atoms with van der Waals surface area (Å²) in [5.41, 5.74) is 2.79. The fourth-order valence-electron chi connectivity index (χ4n) is 1.40. The Morgan fingerprint density at radius 2 is 2.17 bits per heavy atom. The molecule has 1 aromatic carbocycles. The maximum absolute atomic E-state index is 11.0. The summed E-state index contributed by atoms with van der Waals surface area (Å²) in [4.78, 5) is 11.0. The van der Waals surface area contributed by atoms with E-state index < -0.39 is 0 Å². The van der Waals surface area contributed by atoms with Gasteiger partial charge in [-0.1, -0.05) is 17.6 Å². The number of anilines is 1. The van der Waals surface area contributed by atoms with Gasteiger partial charge in [-0.25, -0.2) is 0 Å². The van der Waals surface area contributed by atoms with E-state index in [-0.39, 0.29) is 5.91 Å². The third-order valence-electron chi connectivity index (χ3n) is 2.02. The van der Waals surface area contributed by atoms with Crippen LogP contribution in [0.5, 0.6) is 0 Å². The minimum Gasteiger partial charge on any atom is -0.326 e. The molecule has 1 amide bonds. The first-order chi connectivity index (χ1) is 5.75. The lowest BCUT2D eigenvalue weighted by Crippen LogP contribution is -2.20. The van der Waals surface area contributed by atoms with Crippen LogP contribution in [0.4, 0.5) is 5.69 Å². The molecule has 1 aromatic rings. The van der Waals surface area contributed by atoms with Gasteiger partial charge in [0, 0.05) is 12.1 Å². The second-order valence-corrected chi connectivity index (χ2v) is 2.96. The first-order valence-electron chi connectivity index (χ1n) is 3.94. The molecule has 12 heavy (non-hydrogen) atoms. The number of amides is 1. The zero-order valence-electron chi connectivity index (χ0n) is 6.63. The van der Waals surface area contributed by atoms with Crippen molar-refractivity contribution in [2.75, 3.05) is 5.32 Å². The summed E-state index contributed by atoms with van der Waals surface area (Å²) in [6, 6.07) is 5.56. The van der Waals surface area contributed by atoms with Crippen molar-refractivity contribution >= 4 is 24.9 Å². The highest BCUT2D eigenvalue weighted by molar-refractivity contribution is 6.32. The first-order valence-corrected chi connectivity index (χ1v) is 3.94. The van der Waals surface area contributed by atoms with E-state index in [9.17, 15) is 4.79 Å². The van der Waals surface area contributed by atoms with Crippen LogP contribution < -0.4 is 10.8 Å². The molecule has 1 aliphatic heterocycles. The number of fused-ring (bicyclic) bond motifs is 1. The van der Waals surface area contributed by atoms with Crippen LogP contribution in [0.1, 0.15) is 12.0 Å². The highest BCUT2D eigenvalue weighted by atomic mass is 16.1. The molecule has 3 heteroatoms. The van der Waals surface area contributed by atoms with Gasteiger partial charge in [-0.15, -0.1) is 0 Å². The SMILES string of the molecule is [B]c1ccc2c(c1)CCC(=O)N2. The van der Waals surface area contributed by atoms with Crippen LogP contribution in [-0.4, -0.2) is 13.8 Å². The second-order valence-electron chi connectivity index (χ2n) is 2.96. The molecular formula is C9H8BNO. The Morgan fingerprint density at radius 1 is 1.33 bits per heavy atom. The minimum atomic E-state index is 0.0901. The maximum Gasteiger partial charge on any atom is 0.224 e. The number of aryl methyl sites for hydroxylation is 1. The van der Waals surface area contributed by atoms with Crippen LogP contribution >= 0.6 is 0 Å². The Kier molecular flexibility index (Phi) is 1.64. The van der Waals surface area contributed by atoms with Crippen molar-refractivity contribution in [2.45, 2.75) is 12.8 Å². The van der Waals surface area contributed by atoms with Crippen LogP contribution in [0.3, 0.4) is 0 Å². The largest absolute Gasteiger partial charge is 0.326 e. The molecule has 1 heterocycles. The summed E-state index contributed by atoms with van der Waals surface area (Å²) in [7, 11) is 5.60. The summed E-state index contributed by atoms with van der Waals surface area (Å²) < 4.78 is 0. The predicted molar refractivity (Wildman–Crippen MR) is 48.8 cm³/mol. The Hall–Kier alpha value is -1.25. The highest BCUT2D eigenvalue weighted by Crippen LogP contribution is 2.20. The van der Waals surface area contributed by atoms with Gasteiger partial charge in [0.25, 0.3) is 0 Å². The number of carbonyl (C=O) groups is 1. The van der Waals surface area contributed by atoms with E-state index in [1.165, 1.54) is 0 Å². The molecule has 0 fully saturated rings. The van der Waals surface area contributed by atoms with E-state index in [4.69, 9.17) is 7.85 Å². The Bertz CT molecular complexity index is 335. The van der Waals surface area contributed by atoms with E-state index >= 15 is 0 Å². The lowest BCUT2D eigenvalue weighted by molar-refractivity contribution is -0.116. The van der Waals surface area contributed by atoms with Crippen LogP contribution in [0.15, 0.2) is 18.2 Å². The Balaban J connectivity index is 2.43. The van der Waals surface area contributed by atoms with Gasteiger partial charge in [0.05, 0.1) is 0 Å². The topological polar surface area (TPSA) is 29.1 Å². The van der Waals surface area contributed by atoms with E-state index in [1.807, 2.05) is 12.1 Å². The molecule has 0 atom stereocenters. The summed E-state index contributed by atoms with van der Waals surface area (Å²) in [6.45, 7) is 0. The average molecular weight is 157 g/mol. The molecular weight excluding hydrogens is 149 g/mol. The standard InChI is InChI=1S/C9H8BNO/c10-7-2-3-8-6(5-7)1-4-9(12)11-8/h2-3,5H,1,4H2,(H,11,12). The highest BCUT2D eigenvalue weighted by Gasteiger charge is 2.13. The number of rotatable bonds is 0. The Morgan fingerprint density at radius 3 is 3.00 bits per heavy atom. The van der Waals surface area contributed by atoms with Crippen molar-refractivity contribution in [3.8, 4) is 0 Å². The summed E-state index contributed by atoms with van der Waals surface area (Å²) in [5, 5.41) is 2.79. The van der Waals surface area contributed by atoms with Gasteiger partial charge in [0.15, 0.2) is 0 Å². The molecule has 2 nitrogen and oxygen atoms in total. The summed E-state index contributed by atoms with van der Waals surface area (Å²) >= 11 is 0. The molecule has 0 spiro atoms. The molecule has 2 rings (SSSR count). The van der Waals surface area contributed by atoms with Crippen LogP contribution in [0, 0.1) is 0 Å². The molecule has 1 aliphatic rings. The molecule has 0 unspecified atom stereocenters. The van der Waals surface area contributed by atoms with Crippen molar-refractivity contribution in [1.82, 2.24) is 0 Å². The van der Waals surface area contributed by atoms with Gasteiger partial charge in [-0.2, -0.15) is 0 Å². The second kappa shape index (κ2) is 2.66. The quantitative estimate of drug-likeness (QED) is 0.541. The van der Waals surface area contributed by atoms with Crippen LogP contribution in [-0.2, 0) is 11.2 Å². The molecule has 0 aromatic heterocycles. The third kappa shape index (κ3) is 1.22. The van der Waals surface area contributed by atoms with E-state index in [0.717, 1.165) is 23.1 Å². The smallest absolute Gasteiger partial charge is 0.224 e. The zero-order valence-corrected chi connectivity index (χ0v) is 6.63. The predicted octanol–water partition coefficient (Wildman–Crippen LogP) is 0.365. The van der Waals surface area contributed by atoms with Gasteiger partial charge in [0.1, 0.15) is 7.85 Å². The van der Waals surface area contributed by atoms with Crippen LogP contribution in [0.25, 0.3) is 0 Å². The van der Waals surface area contributed by atoms with Gasteiger partial charge in [-0.3, -0.25) is 4.79 Å². The van der Waals surface area contributed by atoms with Crippen molar-refractivity contribution < 1.29 is 4.79 Å². The van der Waals surface area contributed by atoms with Crippen LogP contribution in [0.2, 0.25) is 0 Å². The monoisotopic (exact) mass is 157 g/mol. The normalized spacial score (nSPS) is 15.2. The lowest BCUT2D eigenvalue weighted by Gasteiger charge is -2.16. The average Bonchev–Trinajstić information content (AvgIpc) is 2.05. The molecule has 58 valence electrons. The van der Waals surface area contributed by atoms with Gasteiger partial charge < -0.3 is 5.32 Å². The lowest BCUT2D eigenvalue weighted by atomic mass is 9.91. The fraction of sp³-hybridized carbons (Fsp3) is 0.222. The number of carbonyl (C=O) groups excluding carboxylic acids is 1. The maximum atomic E-state index is 11.0. The minimum absolute atomic E-state index is 0.0901. The molecule has 0 saturated carbocycles. The molecule has 0 saturated heterocycles. The van der Waals surface area contributed by atoms with Crippen molar-refractivity contribution in [3.63, 3.8) is 0 Å². The summed E-state index contributed by atoms with van der Waals surface area (Å²) in [6.07, 6.45) is 1.36. The van der Waals surface area contributed by atoms with Crippen molar-refractivity contribution in [3.05, 3.63) is 23.8 Å². The number of benzene rings is 1. The fourth-order valence-corrected chi connectivity index (χ4v) is 1.40. The molecule has 1 N–H and O–H groups in total. The molecule has 0 bridgehead atoms. The number of hydrogen-bond acceptors (Lipinski definition) is 1. The van der Waals surface area contributed by atoms with Gasteiger partial charge in [0.2, 0.25) is 5.91 Å². The van der Waals surface area contributed by atoms with Gasteiger partial charge >= 0.3 is 0 Å². The molecule has 2 radical (unpaired) electrons. The number of nitrogens with one attached hydrogen (secondary N) is 1. The zero-order chi connectivity index (χ0) is 8.55. The van der Waals surface area contributed by atoms with Gasteiger partial charge in [-0.05, 0) is 18.1 Å².